The van der Waals surface area contributed by atoms with Gasteiger partial charge >= 0.3 is 5.97 Å². The smallest absolute Gasteiger partial charge is 0.331 e. The number of esters is 1. The molecule has 32 nitrogen and oxygen atoms in total. The van der Waals surface area contributed by atoms with Crippen molar-refractivity contribution in [2.45, 2.75) is 179 Å². The molecule has 0 bridgehead atoms. The van der Waals surface area contributed by atoms with Gasteiger partial charge in [-0.3, -0.25) is 57.7 Å². The fraction of sp³-hybridized carbons (Fsp3) is 0.603. The van der Waals surface area contributed by atoms with Crippen molar-refractivity contribution in [3.63, 3.8) is 0 Å². The van der Waals surface area contributed by atoms with E-state index in [1.165, 1.54) is 44.2 Å². The monoisotopic (exact) mass is 1300 g/mol. The van der Waals surface area contributed by atoms with Crippen LogP contribution in [0, 0.1) is 23.7 Å². The number of amides is 11. The zero-order valence-electron chi connectivity index (χ0n) is 52.4. The van der Waals surface area contributed by atoms with Gasteiger partial charge in [0, 0.05) is 11.4 Å². The highest BCUT2D eigenvalue weighted by Crippen LogP contribution is 2.25. The summed E-state index contributed by atoms with van der Waals surface area (Å²) in [6.45, 7) is 11.7. The summed E-state index contributed by atoms with van der Waals surface area (Å²) in [5.41, 5.74) is 22.6. The number of primary amides is 1. The van der Waals surface area contributed by atoms with E-state index in [0.29, 0.717) is 4.88 Å². The molecule has 0 spiro atoms. The number of aliphatic hydroxyl groups excluding tert-OH is 4. The van der Waals surface area contributed by atoms with Gasteiger partial charge in [0.2, 0.25) is 65.0 Å². The molecule has 506 valence electrons. The summed E-state index contributed by atoms with van der Waals surface area (Å²) < 4.78 is 5.93. The minimum Gasteiger partial charge on any atom is -0.453 e. The van der Waals surface area contributed by atoms with Gasteiger partial charge in [-0.15, -0.1) is 11.3 Å². The Morgan fingerprint density at radius 1 is 0.681 bits per heavy atom. The predicted octanol–water partition coefficient (Wildman–Crippen LogP) is -5.05. The first-order valence-corrected chi connectivity index (χ1v) is 30.6. The zero-order chi connectivity index (χ0) is 68.6. The second kappa shape index (κ2) is 37.1. The first kappa shape index (κ1) is 76.9. The molecule has 1 aromatic carbocycles. The first-order chi connectivity index (χ1) is 42.7. The molecule has 3 rings (SSSR count). The average molecular weight is 1300 g/mol. The molecule has 1 saturated heterocycles. The maximum Gasteiger partial charge on any atom is 0.331 e. The topological polar surface area (TPSA) is 532 Å². The Bertz CT molecular complexity index is 2840. The average Bonchev–Trinajstić information content (AvgIpc) is 1.21. The minimum absolute atomic E-state index is 0.0437. The number of carbonyl (C=O) groups excluding carboxylic acids is 12. The van der Waals surface area contributed by atoms with Crippen LogP contribution in [0.1, 0.15) is 117 Å². The highest BCUT2D eigenvalue weighted by atomic mass is 32.1. The van der Waals surface area contributed by atoms with E-state index in [-0.39, 0.29) is 62.0 Å². The number of rotatable bonds is 22. The predicted molar refractivity (Wildman–Crippen MR) is 330 cm³/mol. The van der Waals surface area contributed by atoms with E-state index in [2.05, 4.69) is 47.5 Å². The summed E-state index contributed by atoms with van der Waals surface area (Å²) in [7, 11) is 0. The van der Waals surface area contributed by atoms with E-state index in [0.717, 1.165) is 18.3 Å². The van der Waals surface area contributed by atoms with Crippen LogP contribution < -0.4 is 76.1 Å². The number of carbonyl (C=O) groups is 12. The van der Waals surface area contributed by atoms with Crippen molar-refractivity contribution < 1.29 is 82.7 Å². The van der Waals surface area contributed by atoms with Gasteiger partial charge in [-0.25, -0.2) is 4.79 Å². The summed E-state index contributed by atoms with van der Waals surface area (Å²) in [6.07, 6.45) is -8.31. The molecular weight excluding hydrogens is 1210 g/mol. The van der Waals surface area contributed by atoms with Crippen LogP contribution in [0.15, 0.2) is 52.8 Å². The Morgan fingerprint density at radius 3 is 1.81 bits per heavy atom. The summed E-state index contributed by atoms with van der Waals surface area (Å²) in [4.78, 5) is 175. The lowest BCUT2D eigenvalue weighted by molar-refractivity contribution is -0.159. The molecule has 11 amide bonds. The quantitative estimate of drug-likeness (QED) is 0.0227. The lowest BCUT2D eigenvalue weighted by Crippen LogP contribution is -2.64. The van der Waals surface area contributed by atoms with E-state index in [9.17, 15) is 73.2 Å². The lowest BCUT2D eigenvalue weighted by atomic mass is 9.95. The Morgan fingerprint density at radius 2 is 1.26 bits per heavy atom. The van der Waals surface area contributed by atoms with Gasteiger partial charge in [-0.1, -0.05) is 98.2 Å². The molecule has 0 aliphatic carbocycles. The van der Waals surface area contributed by atoms with Crippen molar-refractivity contribution in [1.82, 2.24) is 53.2 Å². The molecule has 15 atom stereocenters. The number of aliphatic hydroxyl groups is 4. The van der Waals surface area contributed by atoms with Gasteiger partial charge in [0.05, 0.1) is 25.4 Å². The molecule has 2 aromatic rings. The summed E-state index contributed by atoms with van der Waals surface area (Å²) in [5, 5.41) is 69.7. The number of nitrogens with two attached hydrogens (primary N) is 4. The zero-order valence-corrected chi connectivity index (χ0v) is 53.2. The highest BCUT2D eigenvalue weighted by molar-refractivity contribution is 7.10. The minimum atomic E-state index is -2.58. The highest BCUT2D eigenvalue weighted by Gasteiger charge is 2.44. The number of thiophene rings is 1. The molecule has 2 unspecified atom stereocenters. The molecule has 22 N–H and O–H groups in total. The van der Waals surface area contributed by atoms with E-state index in [1.807, 2.05) is 10.6 Å². The van der Waals surface area contributed by atoms with Gasteiger partial charge in [-0.05, 0) is 73.3 Å². The van der Waals surface area contributed by atoms with Crippen LogP contribution in [-0.4, -0.2) is 190 Å². The van der Waals surface area contributed by atoms with Crippen molar-refractivity contribution >= 4 is 88.2 Å². The second-order valence-electron chi connectivity index (χ2n) is 23.3. The van der Waals surface area contributed by atoms with Crippen LogP contribution in [0.4, 0.5) is 0 Å². The third-order valence-corrected chi connectivity index (χ3v) is 15.5. The van der Waals surface area contributed by atoms with Crippen LogP contribution in [0.25, 0.3) is 0 Å². The van der Waals surface area contributed by atoms with Gasteiger partial charge in [0.1, 0.15) is 54.4 Å². The number of hydrogen-bond acceptors (Lipinski definition) is 20. The third kappa shape index (κ3) is 24.1. The molecule has 0 radical (unpaired) electrons. The maximum absolute atomic E-state index is 15.4. The molecule has 1 aliphatic heterocycles. The van der Waals surface area contributed by atoms with Gasteiger partial charge in [0.15, 0.2) is 24.2 Å². The summed E-state index contributed by atoms with van der Waals surface area (Å²) >= 11 is 1.16. The standard InChI is InChI=1S/C58H91N15O17S/c1-10-29(8)39-53(85)71-40(30(9)75)52(84)64-24-37(76)69-42(45(78)47(60)79)55(87)68-35(25-74)57(89)90-46(31-16-12-11-13-17-31)43(73-50(82)34(23-27(4)5)66-51(83)38(59)36-19-15-21-91-36)56(88)72-41(44(77)28(6)7)54(86)67-33(22-26(2)3)49(81)65-32(48(80)70-39)18-14-20-63-58(61)62/h11-13,15-17,19,21,26-30,32-35,38-46,74-75,77-78H,10,14,18,20,22-25,59H2,1-9H3,(H2,60,79)(H,64,84)(H,65,81)(H,66,83)(H,67,86)(H,68,87)(H,69,76)(H,70,80)(H,71,85)(H,72,88)(H,73,82)(H4,61,62,63)/t29-,30-,32+,33-,34-,35-,38+,39?,40?,41-,42-,43-,44+,45-,46+/m0/s1. The second-order valence-corrected chi connectivity index (χ2v) is 24.3. The number of guanidine groups is 1. The maximum atomic E-state index is 15.4. The lowest BCUT2D eigenvalue weighted by Gasteiger charge is -2.33. The van der Waals surface area contributed by atoms with Gasteiger partial charge < -0.3 is 101 Å². The number of ether oxygens (including phenoxy) is 1. The molecule has 1 aliphatic rings. The van der Waals surface area contributed by atoms with Crippen molar-refractivity contribution in [3.05, 3.63) is 58.3 Å². The van der Waals surface area contributed by atoms with E-state index >= 15 is 4.79 Å². The van der Waals surface area contributed by atoms with E-state index in [4.69, 9.17) is 27.7 Å². The summed E-state index contributed by atoms with van der Waals surface area (Å²) in [6, 6.07) is -7.77. The van der Waals surface area contributed by atoms with Crippen LogP contribution in [0.3, 0.4) is 0 Å². The van der Waals surface area contributed by atoms with Crippen molar-refractivity contribution in [3.8, 4) is 0 Å². The number of nitrogens with zero attached hydrogens (tertiary/aromatic N) is 1. The number of aliphatic imine (C=N–C) groups is 1. The van der Waals surface area contributed by atoms with Crippen molar-refractivity contribution in [2.75, 3.05) is 19.7 Å². The van der Waals surface area contributed by atoms with Gasteiger partial charge in [0.25, 0.3) is 0 Å². The normalized spacial score (nSPS) is 24.5. The van der Waals surface area contributed by atoms with Crippen LogP contribution in [0.5, 0.6) is 0 Å². The first-order valence-electron chi connectivity index (χ1n) is 29.8. The molecule has 0 saturated carbocycles. The fourth-order valence-corrected chi connectivity index (χ4v) is 9.94. The SMILES string of the molecule is CC[C@H](C)C1NC(=O)[C@@H](CCCN=C(N)N)NC(=O)[C@H](CC(C)C)NC(=O)[C@H]([C@H](O)C(C)C)NC(=O)[C@@H](NC(=O)[C@H](CC(C)C)NC(=O)[C@H](N)c2cccs2)[C@@H](c2ccccc2)OC(=O)[C@H](CO)NC(=O)[C@H]([C@H](O)C(N)=O)NC(=O)CNC(=O)C([C@H](C)O)NC1=O. The third-order valence-electron chi connectivity index (χ3n) is 14.5. The Hall–Kier alpha value is -8.37. The number of nitrogens with one attached hydrogen (secondary N) is 10. The molecule has 33 heteroatoms. The number of cyclic esters (lactones) is 1. The summed E-state index contributed by atoms with van der Waals surface area (Å²) in [5.74, 6) is -17.3. The number of hydrogen-bond donors (Lipinski definition) is 18. The molecular formula is C58H91N15O17S. The number of benzene rings is 1. The van der Waals surface area contributed by atoms with E-state index < -0.39 is 181 Å². The molecule has 91 heavy (non-hydrogen) atoms. The van der Waals surface area contributed by atoms with Crippen molar-refractivity contribution in [1.29, 1.82) is 0 Å². The van der Waals surface area contributed by atoms with E-state index in [1.54, 1.807) is 59.1 Å². The molecule has 2 heterocycles. The Kier molecular flexibility index (Phi) is 31.3. The van der Waals surface area contributed by atoms with Crippen LogP contribution >= 0.6 is 11.3 Å². The van der Waals surface area contributed by atoms with Gasteiger partial charge in [-0.2, -0.15) is 0 Å². The Balaban J connectivity index is 2.41. The fourth-order valence-electron chi connectivity index (χ4n) is 9.21. The van der Waals surface area contributed by atoms with Crippen LogP contribution in [-0.2, 0) is 62.3 Å². The largest absolute Gasteiger partial charge is 0.453 e. The molecule has 1 aromatic heterocycles. The van der Waals surface area contributed by atoms with Crippen LogP contribution in [0.2, 0.25) is 0 Å². The van der Waals surface area contributed by atoms with Crippen molar-refractivity contribution in [2.24, 2.45) is 51.6 Å². The Labute approximate surface area is 531 Å². The molecule has 1 fully saturated rings.